The molecule has 6 heteroatoms. The number of nitrogens with zero attached hydrogens (tertiary/aromatic N) is 2. The molecule has 0 radical (unpaired) electrons. The number of carbonyl (C=O) groups excluding carboxylic acids is 1. The summed E-state index contributed by atoms with van der Waals surface area (Å²) in [5.74, 6) is 0.637. The third kappa shape index (κ3) is 4.46. The predicted molar refractivity (Wildman–Crippen MR) is 78.0 cm³/mol. The van der Waals surface area contributed by atoms with Crippen molar-refractivity contribution < 1.29 is 4.79 Å². The van der Waals surface area contributed by atoms with Crippen molar-refractivity contribution in [2.45, 2.75) is 46.1 Å². The zero-order chi connectivity index (χ0) is 14.6. The number of rotatable bonds is 5. The second-order valence-corrected chi connectivity index (χ2v) is 5.73. The lowest BCUT2D eigenvalue weighted by Crippen LogP contribution is -2.43. The van der Waals surface area contributed by atoms with Gasteiger partial charge < -0.3 is 16.4 Å². The van der Waals surface area contributed by atoms with E-state index in [1.165, 1.54) is 0 Å². The molecular formula is C13H25N5O. The van der Waals surface area contributed by atoms with Gasteiger partial charge in [-0.1, -0.05) is 13.3 Å². The lowest BCUT2D eigenvalue weighted by atomic mass is 10.1. The molecule has 19 heavy (non-hydrogen) atoms. The smallest absolute Gasteiger partial charge is 0.239 e. The number of nitrogens with one attached hydrogen (secondary N) is 2. The maximum Gasteiger partial charge on any atom is 0.239 e. The number of carbonyl (C=O) groups is 1. The zero-order valence-corrected chi connectivity index (χ0v) is 12.5. The Morgan fingerprint density at radius 3 is 2.58 bits per heavy atom. The Balaban J connectivity index is 2.65. The number of hydrogen-bond donors (Lipinski definition) is 3. The minimum absolute atomic E-state index is 0.0647. The molecule has 1 amide bonds. The minimum atomic E-state index is -0.232. The lowest BCUT2D eigenvalue weighted by molar-refractivity contribution is -0.120. The van der Waals surface area contributed by atoms with Crippen LogP contribution in [0.15, 0.2) is 0 Å². The summed E-state index contributed by atoms with van der Waals surface area (Å²) in [6.07, 6.45) is 1.83. The Labute approximate surface area is 114 Å². The quantitative estimate of drug-likeness (QED) is 0.750. The maximum atomic E-state index is 11.7. The summed E-state index contributed by atoms with van der Waals surface area (Å²) in [7, 11) is 1.82. The molecule has 0 saturated carbocycles. The monoisotopic (exact) mass is 267 g/mol. The van der Waals surface area contributed by atoms with Crippen molar-refractivity contribution in [3.63, 3.8) is 0 Å². The average Bonchev–Trinajstić information content (AvgIpc) is 2.50. The Kier molecular flexibility index (Phi) is 4.80. The number of nitrogen functional groups attached to an aromatic ring is 1. The van der Waals surface area contributed by atoms with Crippen LogP contribution >= 0.6 is 0 Å². The van der Waals surface area contributed by atoms with Crippen LogP contribution in [0.4, 0.5) is 11.5 Å². The first-order valence-electron chi connectivity index (χ1n) is 6.60. The molecule has 0 aliphatic carbocycles. The Bertz CT molecular complexity index is 445. The molecule has 6 nitrogen and oxygen atoms in total. The predicted octanol–water partition coefficient (Wildman–Crippen LogP) is 1.28. The van der Waals surface area contributed by atoms with Gasteiger partial charge in [-0.05, 0) is 27.2 Å². The highest BCUT2D eigenvalue weighted by Gasteiger charge is 2.16. The van der Waals surface area contributed by atoms with Gasteiger partial charge in [0.1, 0.15) is 5.82 Å². The fourth-order valence-electron chi connectivity index (χ4n) is 1.85. The van der Waals surface area contributed by atoms with Gasteiger partial charge >= 0.3 is 0 Å². The van der Waals surface area contributed by atoms with Crippen LogP contribution in [0, 0.1) is 0 Å². The second-order valence-electron chi connectivity index (χ2n) is 5.73. The molecule has 0 fully saturated rings. The van der Waals surface area contributed by atoms with Crippen molar-refractivity contribution >= 4 is 17.4 Å². The molecule has 0 aliphatic rings. The van der Waals surface area contributed by atoms with E-state index in [-0.39, 0.29) is 18.0 Å². The summed E-state index contributed by atoms with van der Waals surface area (Å²) in [6.45, 7) is 8.11. The van der Waals surface area contributed by atoms with Crippen molar-refractivity contribution in [2.75, 3.05) is 17.6 Å². The molecule has 0 aliphatic heterocycles. The van der Waals surface area contributed by atoms with Crippen molar-refractivity contribution in [3.05, 3.63) is 5.69 Å². The van der Waals surface area contributed by atoms with Crippen molar-refractivity contribution in [2.24, 2.45) is 7.05 Å². The molecule has 0 saturated heterocycles. The topological polar surface area (TPSA) is 85.0 Å². The molecule has 0 bridgehead atoms. The van der Waals surface area contributed by atoms with Crippen molar-refractivity contribution in [3.8, 4) is 0 Å². The molecule has 108 valence electrons. The number of anilines is 2. The van der Waals surface area contributed by atoms with Crippen LogP contribution in [0.2, 0.25) is 0 Å². The standard InChI is InChI=1S/C13H25N5O/c1-6-7-9-11(14)12(18(5)17-9)15-8-10(19)16-13(2,3)4/h15H,6-8,14H2,1-5H3,(H,16,19). The van der Waals surface area contributed by atoms with Crippen LogP contribution in [0.1, 0.15) is 39.8 Å². The minimum Gasteiger partial charge on any atom is -0.394 e. The Hall–Kier alpha value is -1.72. The Morgan fingerprint density at radius 2 is 2.05 bits per heavy atom. The molecule has 4 N–H and O–H groups in total. The first-order chi connectivity index (χ1) is 8.74. The van der Waals surface area contributed by atoms with E-state index in [4.69, 9.17) is 5.73 Å². The van der Waals surface area contributed by atoms with Gasteiger partial charge in [-0.2, -0.15) is 5.10 Å². The van der Waals surface area contributed by atoms with Crippen LogP contribution < -0.4 is 16.4 Å². The van der Waals surface area contributed by atoms with Gasteiger partial charge in [0, 0.05) is 12.6 Å². The molecule has 1 aromatic rings. The molecular weight excluding hydrogens is 242 g/mol. The largest absolute Gasteiger partial charge is 0.394 e. The molecule has 1 rings (SSSR count). The van der Waals surface area contributed by atoms with Gasteiger partial charge in [-0.25, -0.2) is 0 Å². The highest BCUT2D eigenvalue weighted by molar-refractivity contribution is 5.82. The molecule has 0 aromatic carbocycles. The summed E-state index contributed by atoms with van der Waals surface area (Å²) >= 11 is 0. The van der Waals surface area contributed by atoms with E-state index in [1.807, 2.05) is 27.8 Å². The van der Waals surface area contributed by atoms with Gasteiger partial charge in [0.25, 0.3) is 0 Å². The third-order valence-electron chi connectivity index (χ3n) is 2.58. The van der Waals surface area contributed by atoms with E-state index >= 15 is 0 Å². The van der Waals surface area contributed by atoms with Crippen LogP contribution in [0.5, 0.6) is 0 Å². The fourth-order valence-corrected chi connectivity index (χ4v) is 1.85. The highest BCUT2D eigenvalue weighted by atomic mass is 16.2. The van der Waals surface area contributed by atoms with E-state index in [0.29, 0.717) is 11.5 Å². The average molecular weight is 267 g/mol. The Morgan fingerprint density at radius 1 is 1.42 bits per heavy atom. The van der Waals surface area contributed by atoms with Gasteiger partial charge in [-0.3, -0.25) is 9.48 Å². The van der Waals surface area contributed by atoms with E-state index < -0.39 is 0 Å². The molecule has 0 atom stereocenters. The molecule has 1 heterocycles. The molecule has 0 unspecified atom stereocenters. The van der Waals surface area contributed by atoms with E-state index in [0.717, 1.165) is 18.5 Å². The number of hydrogen-bond acceptors (Lipinski definition) is 4. The first-order valence-corrected chi connectivity index (χ1v) is 6.60. The van der Waals surface area contributed by atoms with E-state index in [9.17, 15) is 4.79 Å². The fraction of sp³-hybridized carbons (Fsp3) is 0.692. The van der Waals surface area contributed by atoms with Crippen LogP contribution in [0.3, 0.4) is 0 Å². The highest BCUT2D eigenvalue weighted by Crippen LogP contribution is 2.22. The second kappa shape index (κ2) is 5.95. The van der Waals surface area contributed by atoms with Gasteiger partial charge in [0.2, 0.25) is 5.91 Å². The zero-order valence-electron chi connectivity index (χ0n) is 12.5. The third-order valence-corrected chi connectivity index (χ3v) is 2.58. The van der Waals surface area contributed by atoms with Crippen LogP contribution in [-0.2, 0) is 18.3 Å². The maximum absolute atomic E-state index is 11.7. The number of nitrogens with two attached hydrogens (primary N) is 1. The van der Waals surface area contributed by atoms with Crippen molar-refractivity contribution in [1.29, 1.82) is 0 Å². The molecule has 0 spiro atoms. The van der Waals surface area contributed by atoms with Gasteiger partial charge in [0.15, 0.2) is 0 Å². The number of aryl methyl sites for hydroxylation is 2. The lowest BCUT2D eigenvalue weighted by Gasteiger charge is -2.20. The first kappa shape index (κ1) is 15.3. The SMILES string of the molecule is CCCc1nn(C)c(NCC(=O)NC(C)(C)C)c1N. The van der Waals surface area contributed by atoms with Crippen LogP contribution in [0.25, 0.3) is 0 Å². The van der Waals surface area contributed by atoms with E-state index in [2.05, 4.69) is 22.7 Å². The van der Waals surface area contributed by atoms with Gasteiger partial charge in [-0.15, -0.1) is 0 Å². The number of aromatic nitrogens is 2. The normalized spacial score (nSPS) is 11.4. The van der Waals surface area contributed by atoms with Gasteiger partial charge in [0.05, 0.1) is 17.9 Å². The summed E-state index contributed by atoms with van der Waals surface area (Å²) in [6, 6.07) is 0. The van der Waals surface area contributed by atoms with Crippen molar-refractivity contribution in [1.82, 2.24) is 15.1 Å². The number of amides is 1. The summed E-state index contributed by atoms with van der Waals surface area (Å²) in [4.78, 5) is 11.7. The summed E-state index contributed by atoms with van der Waals surface area (Å²) < 4.78 is 1.69. The summed E-state index contributed by atoms with van der Waals surface area (Å²) in [5.41, 5.74) is 7.30. The van der Waals surface area contributed by atoms with Crippen LogP contribution in [-0.4, -0.2) is 27.8 Å². The van der Waals surface area contributed by atoms with E-state index in [1.54, 1.807) is 4.68 Å². The summed E-state index contributed by atoms with van der Waals surface area (Å²) in [5, 5.41) is 10.3. The molecule has 1 aromatic heterocycles.